The van der Waals surface area contributed by atoms with Crippen LogP contribution in [0, 0.1) is 5.82 Å². The Kier molecular flexibility index (Phi) is 10.6. The SMILES string of the molecule is CC[C@@H](C(=O)NC(C)(C)C)N(Cc1ccc(F)cc1)C(=O)CN(c1ccccc1OC)S(=O)(=O)c1ccc(OC)cc1. The Morgan fingerprint density at radius 3 is 2.10 bits per heavy atom. The van der Waals surface area contributed by atoms with E-state index in [-0.39, 0.29) is 35.2 Å². The molecule has 3 aromatic carbocycles. The van der Waals surface area contributed by atoms with Gasteiger partial charge in [0.05, 0.1) is 24.8 Å². The van der Waals surface area contributed by atoms with Crippen LogP contribution in [0.2, 0.25) is 0 Å². The highest BCUT2D eigenvalue weighted by molar-refractivity contribution is 7.92. The topological polar surface area (TPSA) is 105 Å². The van der Waals surface area contributed by atoms with Crippen molar-refractivity contribution in [1.29, 1.82) is 0 Å². The van der Waals surface area contributed by atoms with Gasteiger partial charge in [-0.15, -0.1) is 0 Å². The average molecular weight is 600 g/mol. The molecule has 0 aliphatic carbocycles. The largest absolute Gasteiger partial charge is 0.497 e. The lowest BCUT2D eigenvalue weighted by Gasteiger charge is -2.35. The maximum absolute atomic E-state index is 14.2. The van der Waals surface area contributed by atoms with Gasteiger partial charge in [0.15, 0.2) is 0 Å². The van der Waals surface area contributed by atoms with E-state index in [1.807, 2.05) is 20.8 Å². The highest BCUT2D eigenvalue weighted by atomic mass is 32.2. The Labute approximate surface area is 247 Å². The number of rotatable bonds is 12. The number of hydrogen-bond acceptors (Lipinski definition) is 6. The third kappa shape index (κ3) is 8.00. The number of carbonyl (C=O) groups excluding carboxylic acids is 2. The monoisotopic (exact) mass is 599 g/mol. The number of hydrogen-bond donors (Lipinski definition) is 1. The summed E-state index contributed by atoms with van der Waals surface area (Å²) in [5.41, 5.74) is 0.155. The quantitative estimate of drug-likeness (QED) is 0.322. The Balaban J connectivity index is 2.11. The van der Waals surface area contributed by atoms with Crippen molar-refractivity contribution in [1.82, 2.24) is 10.2 Å². The summed E-state index contributed by atoms with van der Waals surface area (Å²) in [5, 5.41) is 2.91. The normalized spacial score (nSPS) is 12.3. The molecule has 0 saturated heterocycles. The summed E-state index contributed by atoms with van der Waals surface area (Å²) in [7, 11) is -1.42. The van der Waals surface area contributed by atoms with Crippen LogP contribution in [0.1, 0.15) is 39.7 Å². The Hall–Kier alpha value is -4.12. The van der Waals surface area contributed by atoms with Gasteiger partial charge in [0, 0.05) is 12.1 Å². The molecular formula is C31H38FN3O6S. The zero-order valence-electron chi connectivity index (χ0n) is 24.8. The third-order valence-corrected chi connectivity index (χ3v) is 8.20. The fraction of sp³-hybridized carbons (Fsp3) is 0.355. The summed E-state index contributed by atoms with van der Waals surface area (Å²) >= 11 is 0. The highest BCUT2D eigenvalue weighted by Crippen LogP contribution is 2.33. The molecule has 0 aliphatic rings. The molecule has 226 valence electrons. The van der Waals surface area contributed by atoms with Gasteiger partial charge in [-0.25, -0.2) is 12.8 Å². The first-order chi connectivity index (χ1) is 19.8. The van der Waals surface area contributed by atoms with Crippen LogP contribution in [0.25, 0.3) is 0 Å². The average Bonchev–Trinajstić information content (AvgIpc) is 2.95. The molecule has 0 aliphatic heterocycles. The Morgan fingerprint density at radius 1 is 0.929 bits per heavy atom. The van der Waals surface area contributed by atoms with Crippen molar-refractivity contribution < 1.29 is 31.9 Å². The van der Waals surface area contributed by atoms with Crippen LogP contribution >= 0.6 is 0 Å². The van der Waals surface area contributed by atoms with Crippen LogP contribution in [-0.4, -0.2) is 57.5 Å². The van der Waals surface area contributed by atoms with Crippen LogP contribution in [0.5, 0.6) is 11.5 Å². The summed E-state index contributed by atoms with van der Waals surface area (Å²) < 4.78 is 53.4. The van der Waals surface area contributed by atoms with Crippen LogP contribution in [0.4, 0.5) is 10.1 Å². The number of benzene rings is 3. The molecule has 3 rings (SSSR count). The second-order valence-electron chi connectivity index (χ2n) is 10.7. The second-order valence-corrected chi connectivity index (χ2v) is 12.5. The number of halogens is 1. The summed E-state index contributed by atoms with van der Waals surface area (Å²) in [6.07, 6.45) is 0.259. The van der Waals surface area contributed by atoms with E-state index >= 15 is 0 Å². The number of nitrogens with zero attached hydrogens (tertiary/aromatic N) is 2. The molecule has 42 heavy (non-hydrogen) atoms. The highest BCUT2D eigenvalue weighted by Gasteiger charge is 2.35. The third-order valence-electron chi connectivity index (χ3n) is 6.43. The molecule has 0 radical (unpaired) electrons. The van der Waals surface area contributed by atoms with E-state index in [2.05, 4.69) is 5.32 Å². The second kappa shape index (κ2) is 13.7. The van der Waals surface area contributed by atoms with Gasteiger partial charge in [-0.2, -0.15) is 0 Å². The lowest BCUT2D eigenvalue weighted by Crippen LogP contribution is -2.55. The van der Waals surface area contributed by atoms with Crippen molar-refractivity contribution in [2.45, 2.75) is 57.1 Å². The maximum atomic E-state index is 14.2. The number of carbonyl (C=O) groups is 2. The molecule has 0 fully saturated rings. The minimum atomic E-state index is -4.30. The fourth-order valence-electron chi connectivity index (χ4n) is 4.38. The number of ether oxygens (including phenoxy) is 2. The Bertz CT molecular complexity index is 1470. The van der Waals surface area contributed by atoms with Crippen LogP contribution in [-0.2, 0) is 26.2 Å². The summed E-state index contributed by atoms with van der Waals surface area (Å²) in [6.45, 7) is 6.58. The van der Waals surface area contributed by atoms with E-state index < -0.39 is 39.9 Å². The molecule has 1 atom stereocenters. The molecule has 9 nitrogen and oxygen atoms in total. The summed E-state index contributed by atoms with van der Waals surface area (Å²) in [5.74, 6) is -0.748. The van der Waals surface area contributed by atoms with Crippen molar-refractivity contribution in [3.8, 4) is 11.5 Å². The van der Waals surface area contributed by atoms with Gasteiger partial charge >= 0.3 is 0 Å². The van der Waals surface area contributed by atoms with E-state index in [0.717, 1.165) is 4.31 Å². The van der Waals surface area contributed by atoms with Gasteiger partial charge in [-0.1, -0.05) is 31.2 Å². The zero-order valence-corrected chi connectivity index (χ0v) is 25.6. The Morgan fingerprint density at radius 2 is 1.55 bits per heavy atom. The summed E-state index contributed by atoms with van der Waals surface area (Å²) in [6, 6.07) is 16.9. The molecular weight excluding hydrogens is 561 g/mol. The van der Waals surface area contributed by atoms with Crippen molar-refractivity contribution in [2.24, 2.45) is 0 Å². The van der Waals surface area contributed by atoms with E-state index in [0.29, 0.717) is 11.3 Å². The van der Waals surface area contributed by atoms with Crippen molar-refractivity contribution in [2.75, 3.05) is 25.1 Å². The van der Waals surface area contributed by atoms with E-state index in [4.69, 9.17) is 9.47 Å². The number of methoxy groups -OCH3 is 2. The van der Waals surface area contributed by atoms with Gasteiger partial charge < -0.3 is 19.7 Å². The van der Waals surface area contributed by atoms with Crippen molar-refractivity contribution >= 4 is 27.5 Å². The molecule has 0 bridgehead atoms. The van der Waals surface area contributed by atoms with Gasteiger partial charge in [-0.3, -0.25) is 13.9 Å². The van der Waals surface area contributed by atoms with Gasteiger partial charge in [0.2, 0.25) is 11.8 Å². The molecule has 0 aromatic heterocycles. The molecule has 0 unspecified atom stereocenters. The van der Waals surface area contributed by atoms with Gasteiger partial charge in [0.1, 0.15) is 29.9 Å². The molecule has 2 amide bonds. The molecule has 0 heterocycles. The number of sulfonamides is 1. The molecule has 3 aromatic rings. The van der Waals surface area contributed by atoms with E-state index in [9.17, 15) is 22.4 Å². The van der Waals surface area contributed by atoms with Gasteiger partial charge in [0.25, 0.3) is 10.0 Å². The van der Waals surface area contributed by atoms with Crippen molar-refractivity contribution in [3.05, 3.63) is 84.2 Å². The van der Waals surface area contributed by atoms with Crippen molar-refractivity contribution in [3.63, 3.8) is 0 Å². The lowest BCUT2D eigenvalue weighted by atomic mass is 10.1. The smallest absolute Gasteiger partial charge is 0.264 e. The van der Waals surface area contributed by atoms with Crippen LogP contribution in [0.3, 0.4) is 0 Å². The first kappa shape index (κ1) is 32.4. The van der Waals surface area contributed by atoms with Gasteiger partial charge in [-0.05, 0) is 81.3 Å². The molecule has 1 N–H and O–H groups in total. The zero-order chi connectivity index (χ0) is 31.1. The molecule has 11 heteroatoms. The van der Waals surface area contributed by atoms with Crippen LogP contribution < -0.4 is 19.1 Å². The molecule has 0 spiro atoms. The van der Waals surface area contributed by atoms with Crippen LogP contribution in [0.15, 0.2) is 77.7 Å². The number of nitrogens with one attached hydrogen (secondary N) is 1. The predicted molar refractivity (Wildman–Crippen MR) is 159 cm³/mol. The lowest BCUT2D eigenvalue weighted by molar-refractivity contribution is -0.141. The maximum Gasteiger partial charge on any atom is 0.264 e. The minimum Gasteiger partial charge on any atom is -0.497 e. The first-order valence-electron chi connectivity index (χ1n) is 13.5. The number of para-hydroxylation sites is 2. The van der Waals surface area contributed by atoms with E-state index in [1.165, 1.54) is 67.7 Å². The standard InChI is InChI=1S/C31H38FN3O6S/c1-7-26(30(37)33-31(2,3)4)34(20-22-12-14-23(32)15-13-22)29(36)21-35(27-10-8-9-11-28(27)41-6)42(38,39)25-18-16-24(40-5)17-19-25/h8-19,26H,7,20-21H2,1-6H3,(H,33,37)/t26-/m0/s1. The first-order valence-corrected chi connectivity index (χ1v) is 14.9. The minimum absolute atomic E-state index is 0.0441. The predicted octanol–water partition coefficient (Wildman–Crippen LogP) is 4.76. The van der Waals surface area contributed by atoms with E-state index in [1.54, 1.807) is 31.2 Å². The summed E-state index contributed by atoms with van der Waals surface area (Å²) in [4.78, 5) is 28.8. The number of amides is 2. The number of anilines is 1. The fourth-order valence-corrected chi connectivity index (χ4v) is 5.81. The molecule has 0 saturated carbocycles.